The number of carbonyl (C=O) groups is 1. The van der Waals surface area contributed by atoms with Gasteiger partial charge in [-0.25, -0.2) is 14.1 Å². The van der Waals surface area contributed by atoms with Gasteiger partial charge in [-0.05, 0) is 36.2 Å². The second-order valence-electron chi connectivity index (χ2n) is 6.70. The van der Waals surface area contributed by atoms with Crippen LogP contribution >= 0.6 is 15.9 Å². The van der Waals surface area contributed by atoms with E-state index < -0.39 is 17.3 Å². The van der Waals surface area contributed by atoms with Gasteiger partial charge in [-0.15, -0.1) is 5.10 Å². The summed E-state index contributed by atoms with van der Waals surface area (Å²) >= 11 is 3.15. The van der Waals surface area contributed by atoms with Gasteiger partial charge in [0.25, 0.3) is 5.56 Å². The van der Waals surface area contributed by atoms with E-state index in [9.17, 15) is 14.0 Å². The molecule has 2 aromatic heterocycles. The third kappa shape index (κ3) is 3.99. The molecule has 0 aliphatic heterocycles. The number of hydrogen-bond acceptors (Lipinski definition) is 5. The second kappa shape index (κ2) is 8.15. The number of halogens is 2. The molecule has 0 aliphatic rings. The molecule has 0 saturated heterocycles. The van der Waals surface area contributed by atoms with Crippen LogP contribution in [-0.2, 0) is 17.9 Å². The van der Waals surface area contributed by atoms with Crippen LogP contribution in [0.5, 0.6) is 0 Å². The average molecular weight is 471 g/mol. The van der Waals surface area contributed by atoms with Gasteiger partial charge in [-0.2, -0.15) is 0 Å². The molecule has 4 aromatic rings. The van der Waals surface area contributed by atoms with Crippen molar-refractivity contribution in [2.45, 2.75) is 20.0 Å². The van der Waals surface area contributed by atoms with Crippen LogP contribution in [0, 0.1) is 12.7 Å². The van der Waals surface area contributed by atoms with Crippen molar-refractivity contribution < 1.29 is 9.18 Å². The Bertz CT molecular complexity index is 1320. The molecule has 0 fully saturated rings. The smallest absolute Gasteiger partial charge is 0.283 e. The summed E-state index contributed by atoms with van der Waals surface area (Å²) in [6.45, 7) is 2.08. The predicted octanol–water partition coefficient (Wildman–Crippen LogP) is 2.89. The van der Waals surface area contributed by atoms with Crippen LogP contribution in [0.4, 0.5) is 10.1 Å². The van der Waals surface area contributed by atoms with Gasteiger partial charge in [0.05, 0.1) is 12.2 Å². The summed E-state index contributed by atoms with van der Waals surface area (Å²) in [6, 6.07) is 12.1. The number of nitrogens with one attached hydrogen (secondary N) is 1. The van der Waals surface area contributed by atoms with Crippen molar-refractivity contribution in [3.8, 4) is 0 Å². The van der Waals surface area contributed by atoms with Gasteiger partial charge in [0, 0.05) is 4.47 Å². The van der Waals surface area contributed by atoms with E-state index in [1.54, 1.807) is 10.7 Å². The Morgan fingerprint density at radius 2 is 2.03 bits per heavy atom. The lowest BCUT2D eigenvalue weighted by Gasteiger charge is -2.08. The van der Waals surface area contributed by atoms with E-state index in [0.29, 0.717) is 16.7 Å². The van der Waals surface area contributed by atoms with Gasteiger partial charge in [-0.3, -0.25) is 14.2 Å². The van der Waals surface area contributed by atoms with E-state index in [1.165, 1.54) is 18.5 Å². The highest BCUT2D eigenvalue weighted by atomic mass is 79.9. The van der Waals surface area contributed by atoms with Crippen molar-refractivity contribution in [3.63, 3.8) is 0 Å². The molecule has 0 aliphatic carbocycles. The summed E-state index contributed by atoms with van der Waals surface area (Å²) in [4.78, 5) is 29.2. The summed E-state index contributed by atoms with van der Waals surface area (Å²) in [6.07, 6.45) is 1.26. The summed E-state index contributed by atoms with van der Waals surface area (Å²) in [5, 5.41) is 10.4. The summed E-state index contributed by atoms with van der Waals surface area (Å²) in [5.41, 5.74) is 2.04. The Labute approximate surface area is 178 Å². The maximum atomic E-state index is 13.9. The molecule has 4 rings (SSSR count). The minimum Gasteiger partial charge on any atom is -0.322 e. The molecular weight excluding hydrogens is 455 g/mol. The molecule has 2 heterocycles. The highest BCUT2D eigenvalue weighted by Crippen LogP contribution is 2.19. The van der Waals surface area contributed by atoms with Crippen LogP contribution in [-0.4, -0.2) is 30.5 Å². The van der Waals surface area contributed by atoms with Crippen molar-refractivity contribution in [2.75, 3.05) is 5.32 Å². The Kier molecular flexibility index (Phi) is 5.40. The third-order valence-corrected chi connectivity index (χ3v) is 5.09. The number of hydrogen-bond donors (Lipinski definition) is 1. The van der Waals surface area contributed by atoms with Gasteiger partial charge in [0.1, 0.15) is 18.7 Å². The van der Waals surface area contributed by atoms with Crippen LogP contribution in [0.1, 0.15) is 11.1 Å². The van der Waals surface area contributed by atoms with Crippen LogP contribution in [0.25, 0.3) is 11.2 Å². The number of amides is 1. The number of rotatable bonds is 5. The number of benzene rings is 2. The minimum absolute atomic E-state index is 0.0226. The fourth-order valence-electron chi connectivity index (χ4n) is 2.99. The van der Waals surface area contributed by atoms with Crippen molar-refractivity contribution in [3.05, 3.63) is 80.6 Å². The van der Waals surface area contributed by atoms with Gasteiger partial charge >= 0.3 is 0 Å². The fourth-order valence-corrected chi connectivity index (χ4v) is 3.32. The molecule has 0 spiro atoms. The first-order valence-corrected chi connectivity index (χ1v) is 9.79. The normalized spacial score (nSPS) is 11.0. The molecule has 2 aromatic carbocycles. The monoisotopic (exact) mass is 470 g/mol. The topological polar surface area (TPSA) is 94.7 Å². The number of aromatic nitrogens is 5. The first kappa shape index (κ1) is 19.9. The second-order valence-corrected chi connectivity index (χ2v) is 7.61. The van der Waals surface area contributed by atoms with E-state index in [2.05, 4.69) is 36.5 Å². The molecule has 0 bridgehead atoms. The van der Waals surface area contributed by atoms with E-state index >= 15 is 0 Å². The van der Waals surface area contributed by atoms with E-state index in [0.717, 1.165) is 15.7 Å². The quantitative estimate of drug-likeness (QED) is 0.483. The van der Waals surface area contributed by atoms with Crippen molar-refractivity contribution in [1.82, 2.24) is 24.5 Å². The summed E-state index contributed by atoms with van der Waals surface area (Å²) in [5.74, 6) is -1.15. The first-order chi connectivity index (χ1) is 14.4. The molecular formula is C20H16BrFN6O2. The Morgan fingerprint density at radius 3 is 2.80 bits per heavy atom. The van der Waals surface area contributed by atoms with Crippen molar-refractivity contribution in [2.24, 2.45) is 0 Å². The lowest BCUT2D eigenvalue weighted by atomic mass is 10.1. The molecule has 1 amide bonds. The number of fused-ring (bicyclic) bond motifs is 1. The van der Waals surface area contributed by atoms with E-state index in [4.69, 9.17) is 0 Å². The maximum absolute atomic E-state index is 13.9. The Hall–Kier alpha value is -3.40. The van der Waals surface area contributed by atoms with E-state index in [-0.39, 0.29) is 17.7 Å². The molecule has 0 unspecified atom stereocenters. The maximum Gasteiger partial charge on any atom is 0.283 e. The van der Waals surface area contributed by atoms with Crippen LogP contribution in [0.2, 0.25) is 0 Å². The fraction of sp³-hybridized carbons (Fsp3) is 0.150. The minimum atomic E-state index is -0.585. The van der Waals surface area contributed by atoms with E-state index in [1.807, 2.05) is 31.2 Å². The molecule has 0 radical (unpaired) electrons. The number of nitrogens with zero attached hydrogens (tertiary/aromatic N) is 5. The molecule has 30 heavy (non-hydrogen) atoms. The zero-order valence-corrected chi connectivity index (χ0v) is 17.4. The summed E-state index contributed by atoms with van der Waals surface area (Å²) in [7, 11) is 0. The molecule has 152 valence electrons. The standard InChI is InChI=1S/C20H16BrFN6O2/c1-12-4-2-3-5-13(12)9-28-19-18(25-26-28)20(30)27(11-23-19)10-17(29)24-16-7-6-14(21)8-15(16)22/h2-8,11H,9-10H2,1H3,(H,24,29). The van der Waals surface area contributed by atoms with Crippen molar-refractivity contribution in [1.29, 1.82) is 0 Å². The molecule has 10 heteroatoms. The molecule has 0 saturated carbocycles. The lowest BCUT2D eigenvalue weighted by molar-refractivity contribution is -0.116. The highest BCUT2D eigenvalue weighted by molar-refractivity contribution is 9.10. The van der Waals surface area contributed by atoms with Crippen LogP contribution in [0.3, 0.4) is 0 Å². The SMILES string of the molecule is Cc1ccccc1Cn1nnc2c(=O)n(CC(=O)Nc3ccc(Br)cc3F)cnc21. The van der Waals surface area contributed by atoms with Crippen molar-refractivity contribution >= 4 is 38.7 Å². The molecule has 1 N–H and O–H groups in total. The number of carbonyl (C=O) groups excluding carboxylic acids is 1. The molecule has 0 atom stereocenters. The highest BCUT2D eigenvalue weighted by Gasteiger charge is 2.15. The Morgan fingerprint density at radius 1 is 1.23 bits per heavy atom. The largest absolute Gasteiger partial charge is 0.322 e. The van der Waals surface area contributed by atoms with Crippen LogP contribution in [0.15, 0.2) is 58.1 Å². The number of anilines is 1. The molecule has 8 nitrogen and oxygen atoms in total. The third-order valence-electron chi connectivity index (χ3n) is 4.59. The van der Waals surface area contributed by atoms with Gasteiger partial charge < -0.3 is 5.32 Å². The van der Waals surface area contributed by atoms with Gasteiger partial charge in [0.2, 0.25) is 5.91 Å². The zero-order chi connectivity index (χ0) is 21.3. The van der Waals surface area contributed by atoms with Crippen LogP contribution < -0.4 is 10.9 Å². The first-order valence-electron chi connectivity index (χ1n) is 9.00. The van der Waals surface area contributed by atoms with Gasteiger partial charge in [-0.1, -0.05) is 45.4 Å². The summed E-state index contributed by atoms with van der Waals surface area (Å²) < 4.78 is 17.1. The average Bonchev–Trinajstić information content (AvgIpc) is 3.12. The van der Waals surface area contributed by atoms with Gasteiger partial charge in [0.15, 0.2) is 11.2 Å². The zero-order valence-electron chi connectivity index (χ0n) is 15.8. The lowest BCUT2D eigenvalue weighted by Crippen LogP contribution is -2.28. The number of aryl methyl sites for hydroxylation is 1. The predicted molar refractivity (Wildman–Crippen MR) is 113 cm³/mol. The Balaban J connectivity index is 1.56.